The molecule has 0 spiro atoms. The van der Waals surface area contributed by atoms with Gasteiger partial charge in [0.05, 0.1) is 11.5 Å². The third-order valence-corrected chi connectivity index (χ3v) is 5.70. The number of hydrogen-bond donors (Lipinski definition) is 2. The van der Waals surface area contributed by atoms with Crippen LogP contribution in [0.25, 0.3) is 10.6 Å². The fraction of sp³-hybridized carbons (Fsp3) is 0.500. The summed E-state index contributed by atoms with van der Waals surface area (Å²) in [7, 11) is -3.74. The van der Waals surface area contributed by atoms with E-state index in [0.717, 1.165) is 4.88 Å². The summed E-state index contributed by atoms with van der Waals surface area (Å²) in [6, 6.07) is 3.27. The molecule has 8 heteroatoms. The Morgan fingerprint density at radius 1 is 1.45 bits per heavy atom. The van der Waals surface area contributed by atoms with E-state index in [4.69, 9.17) is 0 Å². The van der Waals surface area contributed by atoms with E-state index in [1.807, 2.05) is 38.3 Å². The summed E-state index contributed by atoms with van der Waals surface area (Å²) in [5, 5.41) is 15.5. The van der Waals surface area contributed by atoms with Crippen molar-refractivity contribution in [1.29, 1.82) is 0 Å². The lowest BCUT2D eigenvalue weighted by Crippen LogP contribution is -2.36. The Bertz CT molecular complexity index is 702. The summed E-state index contributed by atoms with van der Waals surface area (Å²) in [6.07, 6.45) is 2.06. The van der Waals surface area contributed by atoms with Crippen molar-refractivity contribution in [2.75, 3.05) is 6.61 Å². The third-order valence-electron chi connectivity index (χ3n) is 3.31. The lowest BCUT2D eigenvalue weighted by Gasteiger charge is -2.13. The van der Waals surface area contributed by atoms with Gasteiger partial charge in [-0.25, -0.2) is 13.1 Å². The van der Waals surface area contributed by atoms with E-state index < -0.39 is 16.1 Å². The van der Waals surface area contributed by atoms with Crippen LogP contribution in [0.5, 0.6) is 0 Å². The van der Waals surface area contributed by atoms with Crippen LogP contribution in [0, 0.1) is 0 Å². The van der Waals surface area contributed by atoms with Gasteiger partial charge in [0.1, 0.15) is 10.6 Å². The number of rotatable bonds is 7. The van der Waals surface area contributed by atoms with Gasteiger partial charge in [0, 0.05) is 18.3 Å². The number of sulfonamides is 1. The molecule has 0 radical (unpaired) electrons. The average Bonchev–Trinajstić information content (AvgIpc) is 3.12. The number of aliphatic hydroxyl groups is 1. The van der Waals surface area contributed by atoms with Gasteiger partial charge in [0.2, 0.25) is 10.0 Å². The number of hydrogen-bond acceptors (Lipinski definition) is 5. The molecule has 2 rings (SSSR count). The van der Waals surface area contributed by atoms with Crippen molar-refractivity contribution in [3.8, 4) is 10.6 Å². The van der Waals surface area contributed by atoms with E-state index in [0.29, 0.717) is 12.1 Å². The highest BCUT2D eigenvalue weighted by atomic mass is 32.2. The molecule has 22 heavy (non-hydrogen) atoms. The van der Waals surface area contributed by atoms with Crippen LogP contribution in [-0.2, 0) is 10.0 Å². The predicted molar refractivity (Wildman–Crippen MR) is 87.4 cm³/mol. The molecule has 0 amide bonds. The number of nitrogens with zero attached hydrogens (tertiary/aromatic N) is 2. The lowest BCUT2D eigenvalue weighted by molar-refractivity contribution is 0.254. The standard InChI is InChI=1S/C14H21N3O3S2/c1-4-11(9-18)16-22(19,20)13-8-17(10(2)3)15-14(13)12-6-5-7-21-12/h5-8,10-11,16,18H,4,9H2,1-3H3. The molecule has 2 heterocycles. The van der Waals surface area contributed by atoms with Gasteiger partial charge in [-0.15, -0.1) is 11.3 Å². The second-order valence-corrected chi connectivity index (χ2v) is 7.93. The molecule has 0 saturated heterocycles. The van der Waals surface area contributed by atoms with Crippen molar-refractivity contribution in [2.24, 2.45) is 0 Å². The SMILES string of the molecule is CCC(CO)NS(=O)(=O)c1cn(C(C)C)nc1-c1cccs1. The van der Waals surface area contributed by atoms with Crippen LogP contribution in [0.15, 0.2) is 28.6 Å². The summed E-state index contributed by atoms with van der Waals surface area (Å²) in [4.78, 5) is 0.951. The van der Waals surface area contributed by atoms with E-state index in [9.17, 15) is 13.5 Å². The van der Waals surface area contributed by atoms with Crippen LogP contribution in [0.2, 0.25) is 0 Å². The van der Waals surface area contributed by atoms with Gasteiger partial charge >= 0.3 is 0 Å². The van der Waals surface area contributed by atoms with Crippen molar-refractivity contribution in [3.05, 3.63) is 23.7 Å². The molecule has 1 atom stereocenters. The third kappa shape index (κ3) is 3.57. The molecule has 0 bridgehead atoms. The minimum atomic E-state index is -3.74. The lowest BCUT2D eigenvalue weighted by atomic mass is 10.3. The molecule has 0 aliphatic rings. The zero-order valence-corrected chi connectivity index (χ0v) is 14.5. The van der Waals surface area contributed by atoms with Crippen molar-refractivity contribution < 1.29 is 13.5 Å². The molecular weight excluding hydrogens is 322 g/mol. The Kier molecular flexibility index (Phi) is 5.38. The van der Waals surface area contributed by atoms with Gasteiger partial charge in [0.15, 0.2) is 0 Å². The van der Waals surface area contributed by atoms with E-state index >= 15 is 0 Å². The van der Waals surface area contributed by atoms with E-state index in [1.54, 1.807) is 10.9 Å². The normalized spacial score (nSPS) is 13.7. The number of nitrogens with one attached hydrogen (secondary N) is 1. The number of aromatic nitrogens is 2. The van der Waals surface area contributed by atoms with Crippen molar-refractivity contribution >= 4 is 21.4 Å². The Morgan fingerprint density at radius 2 is 2.18 bits per heavy atom. The van der Waals surface area contributed by atoms with Crippen LogP contribution >= 0.6 is 11.3 Å². The predicted octanol–water partition coefficient (Wildman–Crippen LogP) is 2.24. The molecular formula is C14H21N3O3S2. The molecule has 122 valence electrons. The Labute approximate surface area is 134 Å². The van der Waals surface area contributed by atoms with Gasteiger partial charge in [-0.3, -0.25) is 4.68 Å². The molecule has 0 aliphatic heterocycles. The molecule has 2 aromatic heterocycles. The Balaban J connectivity index is 2.49. The van der Waals surface area contributed by atoms with E-state index in [1.165, 1.54) is 11.3 Å². The summed E-state index contributed by atoms with van der Waals surface area (Å²) in [5.41, 5.74) is 0.448. The van der Waals surface area contributed by atoms with Crippen molar-refractivity contribution in [1.82, 2.24) is 14.5 Å². The van der Waals surface area contributed by atoms with Crippen LogP contribution in [-0.4, -0.2) is 36.0 Å². The fourth-order valence-corrected chi connectivity index (χ4v) is 4.20. The molecule has 0 fully saturated rings. The van der Waals surface area contributed by atoms with Crippen molar-refractivity contribution in [2.45, 2.75) is 44.2 Å². The van der Waals surface area contributed by atoms with E-state index in [2.05, 4.69) is 9.82 Å². The monoisotopic (exact) mass is 343 g/mol. The molecule has 2 aromatic rings. The van der Waals surface area contributed by atoms with Crippen LogP contribution < -0.4 is 4.72 Å². The first kappa shape index (κ1) is 17.1. The number of thiophene rings is 1. The molecule has 0 aromatic carbocycles. The first-order chi connectivity index (χ1) is 10.4. The molecule has 2 N–H and O–H groups in total. The maximum Gasteiger partial charge on any atom is 0.244 e. The van der Waals surface area contributed by atoms with Gasteiger partial charge in [0.25, 0.3) is 0 Å². The smallest absolute Gasteiger partial charge is 0.244 e. The highest BCUT2D eigenvalue weighted by molar-refractivity contribution is 7.89. The maximum absolute atomic E-state index is 12.6. The Hall–Kier alpha value is -1.22. The fourth-order valence-electron chi connectivity index (χ4n) is 1.95. The second-order valence-electron chi connectivity index (χ2n) is 5.30. The maximum atomic E-state index is 12.6. The second kappa shape index (κ2) is 6.91. The molecule has 6 nitrogen and oxygen atoms in total. The average molecular weight is 343 g/mol. The topological polar surface area (TPSA) is 84.2 Å². The Morgan fingerprint density at radius 3 is 2.68 bits per heavy atom. The van der Waals surface area contributed by atoms with Gasteiger partial charge in [-0.1, -0.05) is 13.0 Å². The quantitative estimate of drug-likeness (QED) is 0.807. The largest absolute Gasteiger partial charge is 0.395 e. The molecule has 0 saturated carbocycles. The van der Waals surface area contributed by atoms with Crippen LogP contribution in [0.3, 0.4) is 0 Å². The van der Waals surface area contributed by atoms with Crippen molar-refractivity contribution in [3.63, 3.8) is 0 Å². The summed E-state index contributed by atoms with van der Waals surface area (Å²) in [5.74, 6) is 0. The van der Waals surface area contributed by atoms with E-state index in [-0.39, 0.29) is 17.5 Å². The van der Waals surface area contributed by atoms with Gasteiger partial charge < -0.3 is 5.11 Å². The van der Waals surface area contributed by atoms with Crippen LogP contribution in [0.1, 0.15) is 33.2 Å². The molecule has 1 unspecified atom stereocenters. The highest BCUT2D eigenvalue weighted by Gasteiger charge is 2.26. The summed E-state index contributed by atoms with van der Waals surface area (Å²) in [6.45, 7) is 5.47. The highest BCUT2D eigenvalue weighted by Crippen LogP contribution is 2.30. The van der Waals surface area contributed by atoms with Gasteiger partial charge in [-0.05, 0) is 31.7 Å². The zero-order chi connectivity index (χ0) is 16.3. The summed E-state index contributed by atoms with van der Waals surface area (Å²) < 4.78 is 29.5. The number of aliphatic hydroxyl groups excluding tert-OH is 1. The minimum absolute atomic E-state index is 0.0578. The van der Waals surface area contributed by atoms with Crippen LogP contribution in [0.4, 0.5) is 0 Å². The summed E-state index contributed by atoms with van der Waals surface area (Å²) >= 11 is 1.44. The first-order valence-corrected chi connectivity index (χ1v) is 9.51. The van der Waals surface area contributed by atoms with Gasteiger partial charge in [-0.2, -0.15) is 5.10 Å². The first-order valence-electron chi connectivity index (χ1n) is 7.15. The minimum Gasteiger partial charge on any atom is -0.395 e. The zero-order valence-electron chi connectivity index (χ0n) is 12.9. The molecule has 0 aliphatic carbocycles.